The second-order valence-electron chi connectivity index (χ2n) is 5.44. The molecule has 2 N–H and O–H groups in total. The first kappa shape index (κ1) is 16.4. The van der Waals surface area contributed by atoms with Gasteiger partial charge < -0.3 is 14.4 Å². The second-order valence-corrected chi connectivity index (χ2v) is 7.14. The molecule has 0 unspecified atom stereocenters. The lowest BCUT2D eigenvalue weighted by molar-refractivity contribution is -0.0492. The van der Waals surface area contributed by atoms with Gasteiger partial charge in [0.25, 0.3) is 0 Å². The molecule has 1 aliphatic rings. The van der Waals surface area contributed by atoms with Gasteiger partial charge in [0, 0.05) is 6.54 Å². The number of aryl methyl sites for hydroxylation is 2. The first-order chi connectivity index (χ1) is 9.90. The summed E-state index contributed by atoms with van der Waals surface area (Å²) in [6.45, 7) is 3.51. The third kappa shape index (κ3) is 3.63. The van der Waals surface area contributed by atoms with E-state index in [4.69, 9.17) is 14.4 Å². The molecule has 1 saturated carbocycles. The van der Waals surface area contributed by atoms with Gasteiger partial charge in [-0.2, -0.15) is 0 Å². The molecule has 0 atom stereocenters. The quantitative estimate of drug-likeness (QED) is 0.774. The van der Waals surface area contributed by atoms with Crippen LogP contribution in [0.25, 0.3) is 0 Å². The average molecular weight is 318 g/mol. The number of hydrogen-bond acceptors (Lipinski definition) is 6. The number of aliphatic hydroxyl groups is 1. The summed E-state index contributed by atoms with van der Waals surface area (Å²) in [6.07, 6.45) is 3.57. The minimum Gasteiger partial charge on any atom is -0.394 e. The first-order valence-corrected chi connectivity index (χ1v) is 8.56. The van der Waals surface area contributed by atoms with Crippen molar-refractivity contribution in [2.45, 2.75) is 50.0 Å². The maximum Gasteiger partial charge on any atom is 0.246 e. The Hall–Kier alpha value is -0.960. The standard InChI is InChI=1S/C13H22N2O5S/c1-10-12(11(2)20-15-10)21(17,18)14-9-13(19-8-7-16)5-3-4-6-13/h14,16H,3-9H2,1-2H3. The molecule has 1 heterocycles. The fraction of sp³-hybridized carbons (Fsp3) is 0.769. The van der Waals surface area contributed by atoms with Crippen molar-refractivity contribution in [3.63, 3.8) is 0 Å². The lowest BCUT2D eigenvalue weighted by atomic mass is 10.0. The van der Waals surface area contributed by atoms with Gasteiger partial charge in [-0.25, -0.2) is 13.1 Å². The molecule has 1 aliphatic carbocycles. The highest BCUT2D eigenvalue weighted by atomic mass is 32.2. The van der Waals surface area contributed by atoms with Crippen LogP contribution in [-0.4, -0.2) is 44.0 Å². The largest absolute Gasteiger partial charge is 0.394 e. The van der Waals surface area contributed by atoms with Gasteiger partial charge in [-0.15, -0.1) is 0 Å². The van der Waals surface area contributed by atoms with E-state index in [1.165, 1.54) is 0 Å². The van der Waals surface area contributed by atoms with Crippen molar-refractivity contribution < 1.29 is 22.8 Å². The van der Waals surface area contributed by atoms with E-state index in [0.717, 1.165) is 25.7 Å². The Morgan fingerprint density at radius 3 is 2.57 bits per heavy atom. The fourth-order valence-corrected chi connectivity index (χ4v) is 4.25. The van der Waals surface area contributed by atoms with Crippen LogP contribution in [0.1, 0.15) is 37.1 Å². The van der Waals surface area contributed by atoms with Crippen molar-refractivity contribution in [1.29, 1.82) is 0 Å². The van der Waals surface area contributed by atoms with Gasteiger partial charge in [-0.1, -0.05) is 18.0 Å². The molecule has 0 aromatic carbocycles. The zero-order valence-corrected chi connectivity index (χ0v) is 13.2. The van der Waals surface area contributed by atoms with Crippen molar-refractivity contribution in [3.05, 3.63) is 11.5 Å². The van der Waals surface area contributed by atoms with Crippen LogP contribution in [0, 0.1) is 13.8 Å². The summed E-state index contributed by atoms with van der Waals surface area (Å²) in [5, 5.41) is 12.6. The number of sulfonamides is 1. The Morgan fingerprint density at radius 1 is 1.38 bits per heavy atom. The van der Waals surface area contributed by atoms with Crippen LogP contribution >= 0.6 is 0 Å². The molecule has 0 amide bonds. The topological polar surface area (TPSA) is 102 Å². The molecule has 120 valence electrons. The minimum absolute atomic E-state index is 0.0711. The van der Waals surface area contributed by atoms with E-state index in [0.29, 0.717) is 5.69 Å². The number of aliphatic hydroxyl groups excluding tert-OH is 1. The monoisotopic (exact) mass is 318 g/mol. The van der Waals surface area contributed by atoms with E-state index < -0.39 is 15.6 Å². The number of ether oxygens (including phenoxy) is 1. The molecule has 1 aromatic heterocycles. The van der Waals surface area contributed by atoms with Crippen molar-refractivity contribution >= 4 is 10.0 Å². The van der Waals surface area contributed by atoms with Crippen molar-refractivity contribution in [2.24, 2.45) is 0 Å². The number of hydrogen-bond donors (Lipinski definition) is 2. The van der Waals surface area contributed by atoms with Gasteiger partial charge in [0.1, 0.15) is 10.6 Å². The molecule has 21 heavy (non-hydrogen) atoms. The summed E-state index contributed by atoms with van der Waals surface area (Å²) < 4.78 is 38.0. The van der Waals surface area contributed by atoms with Crippen molar-refractivity contribution in [1.82, 2.24) is 9.88 Å². The number of rotatable bonds is 7. The summed E-state index contributed by atoms with van der Waals surface area (Å²) in [6, 6.07) is 0. The zero-order chi connectivity index (χ0) is 15.5. The van der Waals surface area contributed by atoms with E-state index in [1.807, 2.05) is 0 Å². The summed E-state index contributed by atoms with van der Waals surface area (Å²) in [7, 11) is -3.68. The predicted molar refractivity (Wildman–Crippen MR) is 75.4 cm³/mol. The van der Waals surface area contributed by atoms with E-state index in [1.54, 1.807) is 13.8 Å². The Morgan fingerprint density at radius 2 is 2.05 bits per heavy atom. The van der Waals surface area contributed by atoms with E-state index in [2.05, 4.69) is 9.88 Å². The highest BCUT2D eigenvalue weighted by Gasteiger charge is 2.36. The summed E-state index contributed by atoms with van der Waals surface area (Å²) in [4.78, 5) is 0.0952. The molecule has 0 bridgehead atoms. The summed E-state index contributed by atoms with van der Waals surface area (Å²) in [5.41, 5.74) is -0.175. The summed E-state index contributed by atoms with van der Waals surface area (Å²) >= 11 is 0. The third-order valence-electron chi connectivity index (χ3n) is 3.84. The molecule has 7 nitrogen and oxygen atoms in total. The van der Waals surface area contributed by atoms with Gasteiger partial charge in [0.15, 0.2) is 5.76 Å². The normalized spacial score (nSPS) is 18.2. The highest BCUT2D eigenvalue weighted by molar-refractivity contribution is 7.89. The van der Waals surface area contributed by atoms with Gasteiger partial charge in [0.2, 0.25) is 10.0 Å². The van der Waals surface area contributed by atoms with Crippen LogP contribution in [0.3, 0.4) is 0 Å². The Balaban J connectivity index is 2.10. The Bertz CT molecular complexity index is 556. The smallest absolute Gasteiger partial charge is 0.246 e. The maximum absolute atomic E-state index is 12.4. The van der Waals surface area contributed by atoms with Gasteiger partial charge in [-0.05, 0) is 26.7 Å². The lowest BCUT2D eigenvalue weighted by Crippen LogP contribution is -2.43. The minimum atomic E-state index is -3.68. The highest BCUT2D eigenvalue weighted by Crippen LogP contribution is 2.33. The van der Waals surface area contributed by atoms with Crippen molar-refractivity contribution in [3.8, 4) is 0 Å². The van der Waals surface area contributed by atoms with Gasteiger partial charge in [-0.3, -0.25) is 0 Å². The van der Waals surface area contributed by atoms with E-state index in [-0.39, 0.29) is 30.4 Å². The second kappa shape index (κ2) is 6.43. The predicted octanol–water partition coefficient (Wildman–Crippen LogP) is 0.891. The van der Waals surface area contributed by atoms with Crippen LogP contribution in [0.5, 0.6) is 0 Å². The van der Waals surface area contributed by atoms with Crippen molar-refractivity contribution in [2.75, 3.05) is 19.8 Å². The van der Waals surface area contributed by atoms with E-state index >= 15 is 0 Å². The van der Waals surface area contributed by atoms with Crippen LogP contribution in [0.4, 0.5) is 0 Å². The average Bonchev–Trinajstić information content (AvgIpc) is 3.03. The molecule has 2 rings (SSSR count). The molecular formula is C13H22N2O5S. The molecule has 0 radical (unpaired) electrons. The lowest BCUT2D eigenvalue weighted by Gasteiger charge is -2.29. The summed E-state index contributed by atoms with van der Waals surface area (Å²) in [5.74, 6) is 0.275. The molecule has 8 heteroatoms. The van der Waals surface area contributed by atoms with Crippen LogP contribution in [0.2, 0.25) is 0 Å². The molecule has 0 aliphatic heterocycles. The van der Waals surface area contributed by atoms with Gasteiger partial charge >= 0.3 is 0 Å². The zero-order valence-electron chi connectivity index (χ0n) is 12.4. The molecule has 0 spiro atoms. The Kier molecular flexibility index (Phi) is 5.03. The molecule has 1 aromatic rings. The van der Waals surface area contributed by atoms with E-state index in [9.17, 15) is 8.42 Å². The van der Waals surface area contributed by atoms with Crippen LogP contribution in [-0.2, 0) is 14.8 Å². The third-order valence-corrected chi connectivity index (χ3v) is 5.48. The maximum atomic E-state index is 12.4. The van der Waals surface area contributed by atoms with Crippen LogP contribution in [0.15, 0.2) is 9.42 Å². The molecular weight excluding hydrogens is 296 g/mol. The molecule has 1 fully saturated rings. The number of nitrogens with one attached hydrogen (secondary N) is 1. The number of aromatic nitrogens is 1. The first-order valence-electron chi connectivity index (χ1n) is 7.08. The van der Waals surface area contributed by atoms with Crippen LogP contribution < -0.4 is 4.72 Å². The molecule has 0 saturated heterocycles. The SMILES string of the molecule is Cc1noc(C)c1S(=O)(=O)NCC1(OCCO)CCCC1. The van der Waals surface area contributed by atoms with Gasteiger partial charge in [0.05, 0.1) is 18.8 Å². The Labute approximate surface area is 124 Å². The fourth-order valence-electron chi connectivity index (χ4n) is 2.81. The number of nitrogens with zero attached hydrogens (tertiary/aromatic N) is 1.